The highest BCUT2D eigenvalue weighted by molar-refractivity contribution is 6.31. The Balaban J connectivity index is 0.000000158. The normalized spacial score (nSPS) is 13.1. The lowest BCUT2D eigenvalue weighted by Crippen LogP contribution is -2.21. The largest absolute Gasteiger partial charge is 0.507 e. The summed E-state index contributed by atoms with van der Waals surface area (Å²) in [5.74, 6) is -2.71. The van der Waals surface area contributed by atoms with Crippen LogP contribution < -0.4 is 0 Å². The van der Waals surface area contributed by atoms with Crippen LogP contribution in [0.1, 0.15) is 80.4 Å². The van der Waals surface area contributed by atoms with Gasteiger partial charge < -0.3 is 20.4 Å². The molecule has 0 saturated heterocycles. The number of aromatic hydroxyl groups is 4. The van der Waals surface area contributed by atoms with Gasteiger partial charge in [-0.2, -0.15) is 0 Å². The van der Waals surface area contributed by atoms with Crippen LogP contribution in [0.15, 0.2) is 54.6 Å². The number of hydrogen-bond donors (Lipinski definition) is 4. The molecule has 0 amide bonds. The molecule has 194 valence electrons. The predicted octanol–water partition coefficient (Wildman–Crippen LogP) is 4.67. The van der Waals surface area contributed by atoms with Crippen LogP contribution in [0.2, 0.25) is 0 Å². The van der Waals surface area contributed by atoms with Crippen molar-refractivity contribution >= 4 is 23.1 Å². The van der Waals surface area contributed by atoms with E-state index in [4.69, 9.17) is 0 Å². The maximum Gasteiger partial charge on any atom is 0.201 e. The number of aryl methyl sites for hydroxylation is 3. The zero-order chi connectivity index (χ0) is 28.3. The highest BCUT2D eigenvalue weighted by Crippen LogP contribution is 2.38. The van der Waals surface area contributed by atoms with Gasteiger partial charge in [0, 0.05) is 22.3 Å². The molecule has 0 spiro atoms. The first-order valence-electron chi connectivity index (χ1n) is 11.9. The lowest BCUT2D eigenvalue weighted by atomic mass is 9.81. The maximum atomic E-state index is 12.5. The van der Waals surface area contributed by atoms with Gasteiger partial charge in [-0.05, 0) is 79.9 Å². The Bertz CT molecular complexity index is 1730. The van der Waals surface area contributed by atoms with E-state index in [-0.39, 0.29) is 79.1 Å². The van der Waals surface area contributed by atoms with Gasteiger partial charge >= 0.3 is 0 Å². The molecule has 0 saturated carbocycles. The van der Waals surface area contributed by atoms with Crippen molar-refractivity contribution in [1.82, 2.24) is 0 Å². The summed E-state index contributed by atoms with van der Waals surface area (Å²) in [5.41, 5.74) is 2.66. The predicted molar refractivity (Wildman–Crippen MR) is 140 cm³/mol. The van der Waals surface area contributed by atoms with E-state index in [9.17, 15) is 39.6 Å². The summed E-state index contributed by atoms with van der Waals surface area (Å²) >= 11 is 0. The summed E-state index contributed by atoms with van der Waals surface area (Å²) < 4.78 is 0. The number of carbonyl (C=O) groups is 4. The molecule has 0 unspecified atom stereocenters. The molecule has 0 bridgehead atoms. The lowest BCUT2D eigenvalue weighted by Gasteiger charge is -2.20. The topological polar surface area (TPSA) is 149 Å². The minimum atomic E-state index is -0.528. The molecule has 0 aromatic heterocycles. The fourth-order valence-corrected chi connectivity index (χ4v) is 5.06. The molecule has 4 aromatic rings. The van der Waals surface area contributed by atoms with Gasteiger partial charge in [0.1, 0.15) is 23.0 Å². The van der Waals surface area contributed by atoms with Gasteiger partial charge in [0.05, 0.1) is 22.3 Å². The quantitative estimate of drug-likeness (QED) is 0.225. The fourth-order valence-electron chi connectivity index (χ4n) is 5.06. The number of rotatable bonds is 0. The molecule has 0 atom stereocenters. The van der Waals surface area contributed by atoms with E-state index in [2.05, 4.69) is 0 Å². The van der Waals surface area contributed by atoms with E-state index in [1.807, 2.05) is 0 Å². The number of carbonyl (C=O) groups excluding carboxylic acids is 4. The van der Waals surface area contributed by atoms with Crippen LogP contribution >= 0.6 is 0 Å². The molecule has 8 heteroatoms. The summed E-state index contributed by atoms with van der Waals surface area (Å²) in [6.07, 6.45) is 0. The summed E-state index contributed by atoms with van der Waals surface area (Å²) in [6.45, 7) is 5.21. The molecule has 2 aliphatic carbocycles. The summed E-state index contributed by atoms with van der Waals surface area (Å²) in [7, 11) is 0. The third kappa shape index (κ3) is 3.93. The van der Waals surface area contributed by atoms with Crippen LogP contribution in [-0.2, 0) is 0 Å². The van der Waals surface area contributed by atoms with Crippen LogP contribution in [0.4, 0.5) is 0 Å². The van der Waals surface area contributed by atoms with Crippen molar-refractivity contribution < 1.29 is 39.6 Å². The van der Waals surface area contributed by atoms with E-state index in [1.165, 1.54) is 36.4 Å². The second-order valence-electron chi connectivity index (χ2n) is 9.64. The maximum absolute atomic E-state index is 12.5. The molecular weight excluding hydrogens is 500 g/mol. The Kier molecular flexibility index (Phi) is 5.83. The second-order valence-corrected chi connectivity index (χ2v) is 9.64. The summed E-state index contributed by atoms with van der Waals surface area (Å²) in [4.78, 5) is 49.6. The standard InChI is InChI=1S/C16H12O4.C15H10O4/c1-7-3-9-13(11(17)5-7)16(20)14-10(15(9)19)4-8(2)6-12(14)18;1-7-5-9-13(11(17)6-7)15(19)12-8(14(9)18)3-2-4-10(12)16/h3-6,17-18H,1-2H3;2-6,16-17H,1H3. The average Bonchev–Trinajstić information content (AvgIpc) is 2.84. The third-order valence-electron chi connectivity index (χ3n) is 6.71. The molecule has 0 radical (unpaired) electrons. The second kappa shape index (κ2) is 8.95. The van der Waals surface area contributed by atoms with Crippen molar-refractivity contribution in [3.05, 3.63) is 116 Å². The SMILES string of the molecule is Cc1cc(O)c2c(c1)C(=O)c1cc(C)cc(O)c1C2=O.Cc1cc(O)c2c(c1)C(=O)c1cccc(O)c1C2=O. The van der Waals surface area contributed by atoms with Gasteiger partial charge in [0.2, 0.25) is 11.6 Å². The molecule has 4 N–H and O–H groups in total. The summed E-state index contributed by atoms with van der Waals surface area (Å²) in [5, 5.41) is 39.5. The third-order valence-corrected chi connectivity index (χ3v) is 6.71. The number of phenolic OH excluding ortho intramolecular Hbond substituents is 4. The zero-order valence-corrected chi connectivity index (χ0v) is 21.1. The van der Waals surface area contributed by atoms with Gasteiger partial charge in [0.15, 0.2) is 11.6 Å². The Hall–Kier alpha value is -5.24. The molecule has 2 aliphatic rings. The lowest BCUT2D eigenvalue weighted by molar-refractivity contribution is 0.0974. The number of fused-ring (bicyclic) bond motifs is 4. The van der Waals surface area contributed by atoms with Crippen molar-refractivity contribution in [3.8, 4) is 23.0 Å². The fraction of sp³-hybridized carbons (Fsp3) is 0.0968. The smallest absolute Gasteiger partial charge is 0.201 e. The molecule has 0 aliphatic heterocycles. The van der Waals surface area contributed by atoms with Crippen LogP contribution in [-0.4, -0.2) is 43.6 Å². The van der Waals surface area contributed by atoms with Crippen molar-refractivity contribution in [2.75, 3.05) is 0 Å². The zero-order valence-electron chi connectivity index (χ0n) is 21.1. The van der Waals surface area contributed by atoms with Crippen molar-refractivity contribution in [3.63, 3.8) is 0 Å². The van der Waals surface area contributed by atoms with Crippen molar-refractivity contribution in [2.24, 2.45) is 0 Å². The van der Waals surface area contributed by atoms with E-state index >= 15 is 0 Å². The van der Waals surface area contributed by atoms with Crippen LogP contribution in [0, 0.1) is 20.8 Å². The molecule has 39 heavy (non-hydrogen) atoms. The Morgan fingerprint density at radius 2 is 0.744 bits per heavy atom. The average molecular weight is 523 g/mol. The molecule has 4 aromatic carbocycles. The number of ketones is 4. The van der Waals surface area contributed by atoms with Crippen LogP contribution in [0.25, 0.3) is 0 Å². The van der Waals surface area contributed by atoms with E-state index in [0.717, 1.165) is 0 Å². The highest BCUT2D eigenvalue weighted by atomic mass is 16.3. The molecule has 6 rings (SSSR count). The summed E-state index contributed by atoms with van der Waals surface area (Å²) in [6, 6.07) is 13.4. The molecule has 8 nitrogen and oxygen atoms in total. The van der Waals surface area contributed by atoms with Crippen LogP contribution in [0.3, 0.4) is 0 Å². The number of hydrogen-bond acceptors (Lipinski definition) is 8. The van der Waals surface area contributed by atoms with E-state index in [1.54, 1.807) is 39.0 Å². The Labute approximate surface area is 222 Å². The number of benzene rings is 4. The van der Waals surface area contributed by atoms with Gasteiger partial charge in [-0.3, -0.25) is 19.2 Å². The van der Waals surface area contributed by atoms with Gasteiger partial charge in [-0.25, -0.2) is 0 Å². The number of phenols is 4. The molecular formula is C31H22O8. The Morgan fingerprint density at radius 3 is 1.13 bits per heavy atom. The van der Waals surface area contributed by atoms with Gasteiger partial charge in [-0.1, -0.05) is 12.1 Å². The first-order valence-corrected chi connectivity index (χ1v) is 11.9. The molecule has 0 fully saturated rings. The first-order chi connectivity index (χ1) is 18.4. The minimum Gasteiger partial charge on any atom is -0.507 e. The van der Waals surface area contributed by atoms with E-state index in [0.29, 0.717) is 16.7 Å². The highest BCUT2D eigenvalue weighted by Gasteiger charge is 2.35. The minimum absolute atomic E-state index is 0.0350. The van der Waals surface area contributed by atoms with Gasteiger partial charge in [0.25, 0.3) is 0 Å². The first kappa shape index (κ1) is 25.4. The van der Waals surface area contributed by atoms with Gasteiger partial charge in [-0.15, -0.1) is 0 Å². The Morgan fingerprint density at radius 1 is 0.410 bits per heavy atom. The van der Waals surface area contributed by atoms with Crippen LogP contribution in [0.5, 0.6) is 23.0 Å². The monoisotopic (exact) mass is 522 g/mol. The van der Waals surface area contributed by atoms with Crippen molar-refractivity contribution in [2.45, 2.75) is 20.8 Å². The van der Waals surface area contributed by atoms with E-state index < -0.39 is 11.6 Å². The van der Waals surface area contributed by atoms with Crippen molar-refractivity contribution in [1.29, 1.82) is 0 Å². The molecule has 0 heterocycles.